The van der Waals surface area contributed by atoms with Crippen LogP contribution in [0.4, 0.5) is 5.69 Å². The topological polar surface area (TPSA) is 58.4 Å². The molecular formula is C16H25N3O. The Balaban J connectivity index is 2.17. The highest BCUT2D eigenvalue weighted by Gasteiger charge is 2.26. The Kier molecular flexibility index (Phi) is 4.65. The molecule has 1 aromatic carbocycles. The fraction of sp³-hybridized carbons (Fsp3) is 0.562. The van der Waals surface area contributed by atoms with Crippen LogP contribution in [-0.4, -0.2) is 31.1 Å². The molecule has 1 heterocycles. The molecule has 0 saturated heterocycles. The van der Waals surface area contributed by atoms with Gasteiger partial charge >= 0.3 is 0 Å². The van der Waals surface area contributed by atoms with Gasteiger partial charge in [-0.25, -0.2) is 0 Å². The minimum Gasteiger partial charge on any atom is -0.369 e. The van der Waals surface area contributed by atoms with E-state index in [0.29, 0.717) is 12.5 Å². The summed E-state index contributed by atoms with van der Waals surface area (Å²) in [5, 5.41) is 3.26. The van der Waals surface area contributed by atoms with Crippen LogP contribution >= 0.6 is 0 Å². The molecular weight excluding hydrogens is 250 g/mol. The molecule has 0 bridgehead atoms. The van der Waals surface area contributed by atoms with Crippen molar-refractivity contribution in [3.63, 3.8) is 0 Å². The van der Waals surface area contributed by atoms with Crippen molar-refractivity contribution in [3.8, 4) is 0 Å². The molecule has 110 valence electrons. The second-order valence-electron chi connectivity index (χ2n) is 6.12. The maximum absolute atomic E-state index is 11.6. The lowest BCUT2D eigenvalue weighted by Crippen LogP contribution is -2.52. The third-order valence-corrected chi connectivity index (χ3v) is 3.71. The molecule has 4 heteroatoms. The standard InChI is InChI=1S/C16H25N3O/c1-11(2)18-14(16(17)20)10-19-9-12(3)8-13-6-4-5-7-15(13)19/h4-7,11-12,14,18H,8-10H2,1-3H3,(H2,17,20). The van der Waals surface area contributed by atoms with Crippen LogP contribution in [0.2, 0.25) is 0 Å². The van der Waals surface area contributed by atoms with Crippen molar-refractivity contribution in [1.29, 1.82) is 0 Å². The lowest BCUT2D eigenvalue weighted by atomic mass is 9.93. The van der Waals surface area contributed by atoms with E-state index in [4.69, 9.17) is 5.73 Å². The number of hydrogen-bond acceptors (Lipinski definition) is 3. The van der Waals surface area contributed by atoms with Crippen molar-refractivity contribution in [2.45, 2.75) is 39.3 Å². The molecule has 0 saturated carbocycles. The molecule has 1 amide bonds. The van der Waals surface area contributed by atoms with Gasteiger partial charge in [0, 0.05) is 24.8 Å². The summed E-state index contributed by atoms with van der Waals surface area (Å²) in [6, 6.07) is 8.37. The van der Waals surface area contributed by atoms with Crippen LogP contribution in [0.25, 0.3) is 0 Å². The summed E-state index contributed by atoms with van der Waals surface area (Å²) in [7, 11) is 0. The number of benzene rings is 1. The van der Waals surface area contributed by atoms with Crippen LogP contribution < -0.4 is 16.0 Å². The lowest BCUT2D eigenvalue weighted by molar-refractivity contribution is -0.120. The molecule has 0 radical (unpaired) electrons. The molecule has 1 aliphatic rings. The predicted molar refractivity (Wildman–Crippen MR) is 82.8 cm³/mol. The Labute approximate surface area is 121 Å². The normalized spacial score (nSPS) is 19.8. The van der Waals surface area contributed by atoms with E-state index in [1.54, 1.807) is 0 Å². The zero-order chi connectivity index (χ0) is 14.7. The lowest BCUT2D eigenvalue weighted by Gasteiger charge is -2.37. The molecule has 4 nitrogen and oxygen atoms in total. The van der Waals surface area contributed by atoms with E-state index >= 15 is 0 Å². The highest BCUT2D eigenvalue weighted by atomic mass is 16.1. The second-order valence-corrected chi connectivity index (χ2v) is 6.12. The van der Waals surface area contributed by atoms with Gasteiger partial charge in [-0.15, -0.1) is 0 Å². The first-order chi connectivity index (χ1) is 9.47. The Bertz CT molecular complexity index is 473. The summed E-state index contributed by atoms with van der Waals surface area (Å²) in [5.41, 5.74) is 8.13. The number of nitrogens with two attached hydrogens (primary N) is 1. The van der Waals surface area contributed by atoms with E-state index in [1.165, 1.54) is 11.3 Å². The van der Waals surface area contributed by atoms with Gasteiger partial charge in [0.1, 0.15) is 6.04 Å². The zero-order valence-electron chi connectivity index (χ0n) is 12.6. The van der Waals surface area contributed by atoms with Crippen LogP contribution in [0, 0.1) is 5.92 Å². The number of primary amides is 1. The fourth-order valence-corrected chi connectivity index (χ4v) is 2.93. The molecule has 2 atom stereocenters. The minimum absolute atomic E-state index is 0.241. The van der Waals surface area contributed by atoms with Crippen LogP contribution in [0.15, 0.2) is 24.3 Å². The number of amides is 1. The van der Waals surface area contributed by atoms with Crippen LogP contribution in [-0.2, 0) is 11.2 Å². The van der Waals surface area contributed by atoms with E-state index in [9.17, 15) is 4.79 Å². The molecule has 1 aromatic rings. The SMILES string of the molecule is CC1Cc2ccccc2N(CC(NC(C)C)C(N)=O)C1. The molecule has 0 aromatic heterocycles. The maximum atomic E-state index is 11.6. The summed E-state index contributed by atoms with van der Waals surface area (Å²) < 4.78 is 0. The van der Waals surface area contributed by atoms with Gasteiger partial charge in [-0.1, -0.05) is 39.0 Å². The average Bonchev–Trinajstić information content (AvgIpc) is 2.37. The average molecular weight is 275 g/mol. The van der Waals surface area contributed by atoms with Crippen molar-refractivity contribution in [2.75, 3.05) is 18.0 Å². The maximum Gasteiger partial charge on any atom is 0.236 e. The molecule has 20 heavy (non-hydrogen) atoms. The first-order valence-corrected chi connectivity index (χ1v) is 7.35. The van der Waals surface area contributed by atoms with Crippen molar-refractivity contribution in [3.05, 3.63) is 29.8 Å². The third-order valence-electron chi connectivity index (χ3n) is 3.71. The molecule has 0 fully saturated rings. The van der Waals surface area contributed by atoms with E-state index in [-0.39, 0.29) is 18.0 Å². The Morgan fingerprint density at radius 1 is 1.45 bits per heavy atom. The van der Waals surface area contributed by atoms with Crippen molar-refractivity contribution in [2.24, 2.45) is 11.7 Å². The molecule has 2 rings (SSSR count). The van der Waals surface area contributed by atoms with E-state index in [0.717, 1.165) is 13.0 Å². The summed E-state index contributed by atoms with van der Waals surface area (Å²) in [6.07, 6.45) is 1.10. The largest absolute Gasteiger partial charge is 0.369 e. The van der Waals surface area contributed by atoms with Gasteiger partial charge in [0.15, 0.2) is 0 Å². The third kappa shape index (κ3) is 3.51. The van der Waals surface area contributed by atoms with Gasteiger partial charge < -0.3 is 16.0 Å². The highest BCUT2D eigenvalue weighted by molar-refractivity contribution is 5.80. The van der Waals surface area contributed by atoms with Gasteiger partial charge in [0.25, 0.3) is 0 Å². The summed E-state index contributed by atoms with van der Waals surface area (Å²) >= 11 is 0. The van der Waals surface area contributed by atoms with Crippen LogP contribution in [0.3, 0.4) is 0 Å². The van der Waals surface area contributed by atoms with Gasteiger partial charge in [-0.05, 0) is 24.0 Å². The smallest absolute Gasteiger partial charge is 0.236 e. The number of fused-ring (bicyclic) bond motifs is 1. The fourth-order valence-electron chi connectivity index (χ4n) is 2.93. The number of rotatable bonds is 5. The number of carbonyl (C=O) groups excluding carboxylic acids is 1. The highest BCUT2D eigenvalue weighted by Crippen LogP contribution is 2.29. The minimum atomic E-state index is -0.312. The van der Waals surface area contributed by atoms with Crippen molar-refractivity contribution >= 4 is 11.6 Å². The number of carbonyl (C=O) groups is 1. The zero-order valence-corrected chi connectivity index (χ0v) is 12.6. The Morgan fingerprint density at radius 2 is 2.15 bits per heavy atom. The van der Waals surface area contributed by atoms with Gasteiger partial charge in [-0.2, -0.15) is 0 Å². The molecule has 1 aliphatic heterocycles. The number of anilines is 1. The van der Waals surface area contributed by atoms with Gasteiger partial charge in [0.2, 0.25) is 5.91 Å². The van der Waals surface area contributed by atoms with Crippen molar-refractivity contribution < 1.29 is 4.79 Å². The first kappa shape index (κ1) is 14.9. The van der Waals surface area contributed by atoms with Crippen molar-refractivity contribution in [1.82, 2.24) is 5.32 Å². The first-order valence-electron chi connectivity index (χ1n) is 7.35. The van der Waals surface area contributed by atoms with E-state index in [2.05, 4.69) is 41.4 Å². The van der Waals surface area contributed by atoms with E-state index in [1.807, 2.05) is 13.8 Å². The van der Waals surface area contributed by atoms with Crippen LogP contribution in [0.1, 0.15) is 26.3 Å². The number of para-hydroxylation sites is 1. The molecule has 0 spiro atoms. The quantitative estimate of drug-likeness (QED) is 0.857. The van der Waals surface area contributed by atoms with Gasteiger partial charge in [0.05, 0.1) is 0 Å². The second kappa shape index (κ2) is 6.27. The molecule has 2 unspecified atom stereocenters. The van der Waals surface area contributed by atoms with Crippen LogP contribution in [0.5, 0.6) is 0 Å². The summed E-state index contributed by atoms with van der Waals surface area (Å²) in [5.74, 6) is 0.312. The predicted octanol–water partition coefficient (Wildman–Crippen LogP) is 1.54. The van der Waals surface area contributed by atoms with E-state index < -0.39 is 0 Å². The number of nitrogens with one attached hydrogen (secondary N) is 1. The monoisotopic (exact) mass is 275 g/mol. The molecule has 0 aliphatic carbocycles. The summed E-state index contributed by atoms with van der Waals surface area (Å²) in [4.78, 5) is 13.9. The van der Waals surface area contributed by atoms with Gasteiger partial charge in [-0.3, -0.25) is 4.79 Å². The Hall–Kier alpha value is -1.55. The summed E-state index contributed by atoms with van der Waals surface area (Å²) in [6.45, 7) is 7.92. The Morgan fingerprint density at radius 3 is 2.80 bits per heavy atom. The molecule has 3 N–H and O–H groups in total. The number of nitrogens with zero attached hydrogens (tertiary/aromatic N) is 1. The number of hydrogen-bond donors (Lipinski definition) is 2.